The van der Waals surface area contributed by atoms with Crippen molar-refractivity contribution in [3.8, 4) is 0 Å². The van der Waals surface area contributed by atoms with Crippen molar-refractivity contribution in [1.82, 2.24) is 0 Å². The minimum absolute atomic E-state index is 0.322. The molecular formula is C11H22O3. The predicted molar refractivity (Wildman–Crippen MR) is 56.0 cm³/mol. The van der Waals surface area contributed by atoms with Crippen LogP contribution in [0, 0.1) is 0 Å². The van der Waals surface area contributed by atoms with Crippen LogP contribution in [0.4, 0.5) is 0 Å². The Bertz CT molecular complexity index is 115. The molecule has 3 nitrogen and oxygen atoms in total. The van der Waals surface area contributed by atoms with Crippen LogP contribution in [0.5, 0.6) is 0 Å². The fraction of sp³-hybridized carbons (Fsp3) is 0.909. The van der Waals surface area contributed by atoms with Crippen LogP contribution in [0.15, 0.2) is 0 Å². The molecule has 0 saturated carbocycles. The van der Waals surface area contributed by atoms with E-state index in [0.717, 1.165) is 25.7 Å². The summed E-state index contributed by atoms with van der Waals surface area (Å²) in [5.74, 6) is 0. The second-order valence-corrected chi connectivity index (χ2v) is 3.52. The van der Waals surface area contributed by atoms with E-state index in [1.165, 1.54) is 25.7 Å². The first kappa shape index (κ1) is 13.4. The van der Waals surface area contributed by atoms with Crippen molar-refractivity contribution in [1.29, 1.82) is 0 Å². The van der Waals surface area contributed by atoms with Crippen LogP contribution < -0.4 is 0 Å². The van der Waals surface area contributed by atoms with Crippen molar-refractivity contribution >= 4 is 6.47 Å². The van der Waals surface area contributed by atoms with E-state index in [1.807, 2.05) is 0 Å². The van der Waals surface area contributed by atoms with Gasteiger partial charge in [0.15, 0.2) is 0 Å². The SMILES string of the molecule is O=COCCCCCCCCCCO. The Morgan fingerprint density at radius 3 is 1.86 bits per heavy atom. The van der Waals surface area contributed by atoms with E-state index in [4.69, 9.17) is 5.11 Å². The van der Waals surface area contributed by atoms with Gasteiger partial charge in [-0.05, 0) is 12.8 Å². The molecule has 0 spiro atoms. The Balaban J connectivity index is 2.81. The maximum atomic E-state index is 9.80. The Labute approximate surface area is 86.5 Å². The van der Waals surface area contributed by atoms with Crippen LogP contribution in [0.1, 0.15) is 51.4 Å². The topological polar surface area (TPSA) is 46.5 Å². The monoisotopic (exact) mass is 202 g/mol. The lowest BCUT2D eigenvalue weighted by Gasteiger charge is -2.01. The highest BCUT2D eigenvalue weighted by Gasteiger charge is 1.91. The second kappa shape index (κ2) is 12.4. The van der Waals surface area contributed by atoms with Crippen LogP contribution in [-0.2, 0) is 9.53 Å². The van der Waals surface area contributed by atoms with Crippen molar-refractivity contribution in [3.63, 3.8) is 0 Å². The molecule has 0 aromatic rings. The summed E-state index contributed by atoms with van der Waals surface area (Å²) in [5, 5.41) is 8.55. The zero-order valence-corrected chi connectivity index (χ0v) is 8.91. The summed E-state index contributed by atoms with van der Waals surface area (Å²) in [4.78, 5) is 9.80. The first-order valence-corrected chi connectivity index (χ1v) is 5.58. The van der Waals surface area contributed by atoms with Crippen LogP contribution in [0.25, 0.3) is 0 Å². The van der Waals surface area contributed by atoms with Crippen LogP contribution >= 0.6 is 0 Å². The number of carbonyl (C=O) groups is 1. The number of ether oxygens (including phenoxy) is 1. The zero-order chi connectivity index (χ0) is 10.5. The zero-order valence-electron chi connectivity index (χ0n) is 8.91. The normalized spacial score (nSPS) is 10.1. The summed E-state index contributed by atoms with van der Waals surface area (Å²) in [7, 11) is 0. The number of unbranched alkanes of at least 4 members (excludes halogenated alkanes) is 7. The Kier molecular flexibility index (Phi) is 11.9. The van der Waals surface area contributed by atoms with E-state index in [1.54, 1.807) is 0 Å². The van der Waals surface area contributed by atoms with E-state index >= 15 is 0 Å². The van der Waals surface area contributed by atoms with E-state index in [2.05, 4.69) is 4.74 Å². The van der Waals surface area contributed by atoms with Crippen molar-refractivity contribution in [2.75, 3.05) is 13.2 Å². The van der Waals surface area contributed by atoms with Gasteiger partial charge in [-0.1, -0.05) is 38.5 Å². The maximum Gasteiger partial charge on any atom is 0.293 e. The van der Waals surface area contributed by atoms with E-state index in [9.17, 15) is 4.79 Å². The molecule has 1 N–H and O–H groups in total. The quantitative estimate of drug-likeness (QED) is 0.413. The summed E-state index contributed by atoms with van der Waals surface area (Å²) < 4.78 is 4.58. The van der Waals surface area contributed by atoms with E-state index in [-0.39, 0.29) is 0 Å². The minimum atomic E-state index is 0.322. The Hall–Kier alpha value is -0.570. The van der Waals surface area contributed by atoms with Crippen molar-refractivity contribution in [2.24, 2.45) is 0 Å². The van der Waals surface area contributed by atoms with Crippen molar-refractivity contribution in [2.45, 2.75) is 51.4 Å². The van der Waals surface area contributed by atoms with Gasteiger partial charge in [-0.25, -0.2) is 0 Å². The molecule has 0 heterocycles. The van der Waals surface area contributed by atoms with E-state index in [0.29, 0.717) is 19.7 Å². The molecular weight excluding hydrogens is 180 g/mol. The lowest BCUT2D eigenvalue weighted by atomic mass is 10.1. The van der Waals surface area contributed by atoms with Crippen molar-refractivity contribution < 1.29 is 14.6 Å². The lowest BCUT2D eigenvalue weighted by molar-refractivity contribution is -0.128. The molecule has 0 rings (SSSR count). The molecule has 0 amide bonds. The highest BCUT2D eigenvalue weighted by Crippen LogP contribution is 2.08. The summed E-state index contributed by atoms with van der Waals surface area (Å²) in [6, 6.07) is 0. The molecule has 0 fully saturated rings. The number of hydrogen-bond acceptors (Lipinski definition) is 3. The van der Waals surface area contributed by atoms with Gasteiger partial charge in [0.1, 0.15) is 0 Å². The van der Waals surface area contributed by atoms with Gasteiger partial charge in [0, 0.05) is 6.61 Å². The standard InChI is InChI=1S/C11H22O3/c12-9-7-5-3-1-2-4-6-8-10-14-11-13/h11-12H,1-10H2. The smallest absolute Gasteiger partial charge is 0.293 e. The van der Waals surface area contributed by atoms with Crippen LogP contribution in [0.3, 0.4) is 0 Å². The largest absolute Gasteiger partial charge is 0.468 e. The molecule has 3 heteroatoms. The fourth-order valence-corrected chi connectivity index (χ4v) is 1.41. The molecule has 0 aliphatic carbocycles. The number of aliphatic hydroxyl groups is 1. The van der Waals surface area contributed by atoms with Gasteiger partial charge in [0.05, 0.1) is 6.61 Å². The molecule has 84 valence electrons. The summed E-state index contributed by atoms with van der Waals surface area (Å²) in [5.41, 5.74) is 0. The van der Waals surface area contributed by atoms with Gasteiger partial charge in [-0.3, -0.25) is 4.79 Å². The molecule has 0 aromatic heterocycles. The molecule has 0 aliphatic rings. The average Bonchev–Trinajstić information content (AvgIpc) is 2.21. The van der Waals surface area contributed by atoms with Gasteiger partial charge >= 0.3 is 0 Å². The highest BCUT2D eigenvalue weighted by molar-refractivity contribution is 5.36. The first-order chi connectivity index (χ1) is 6.91. The van der Waals surface area contributed by atoms with Gasteiger partial charge in [-0.15, -0.1) is 0 Å². The van der Waals surface area contributed by atoms with Gasteiger partial charge < -0.3 is 9.84 Å². The number of aliphatic hydroxyl groups excluding tert-OH is 1. The number of rotatable bonds is 11. The number of hydrogen-bond donors (Lipinski definition) is 1. The molecule has 0 saturated heterocycles. The number of carbonyl (C=O) groups excluding carboxylic acids is 1. The third-order valence-corrected chi connectivity index (χ3v) is 2.24. The predicted octanol–water partition coefficient (Wildman–Crippen LogP) is 2.27. The molecule has 14 heavy (non-hydrogen) atoms. The molecule has 0 aliphatic heterocycles. The average molecular weight is 202 g/mol. The minimum Gasteiger partial charge on any atom is -0.468 e. The van der Waals surface area contributed by atoms with E-state index < -0.39 is 0 Å². The molecule has 0 radical (unpaired) electrons. The summed E-state index contributed by atoms with van der Waals surface area (Å²) >= 11 is 0. The molecule has 0 aromatic carbocycles. The van der Waals surface area contributed by atoms with Crippen molar-refractivity contribution in [3.05, 3.63) is 0 Å². The maximum absolute atomic E-state index is 9.80. The summed E-state index contributed by atoms with van der Waals surface area (Å²) in [6.45, 7) is 1.39. The second-order valence-electron chi connectivity index (χ2n) is 3.52. The fourth-order valence-electron chi connectivity index (χ4n) is 1.41. The van der Waals surface area contributed by atoms with Crippen LogP contribution in [0.2, 0.25) is 0 Å². The third-order valence-electron chi connectivity index (χ3n) is 2.24. The van der Waals surface area contributed by atoms with Gasteiger partial charge in [-0.2, -0.15) is 0 Å². The first-order valence-electron chi connectivity index (χ1n) is 5.58. The molecule has 0 unspecified atom stereocenters. The Morgan fingerprint density at radius 1 is 0.857 bits per heavy atom. The van der Waals surface area contributed by atoms with Crippen LogP contribution in [-0.4, -0.2) is 24.8 Å². The lowest BCUT2D eigenvalue weighted by Crippen LogP contribution is -1.91. The summed E-state index contributed by atoms with van der Waals surface area (Å²) in [6.07, 6.45) is 9.18. The molecule has 0 bridgehead atoms. The van der Waals surface area contributed by atoms with Gasteiger partial charge in [0.25, 0.3) is 6.47 Å². The molecule has 0 atom stereocenters. The van der Waals surface area contributed by atoms with Gasteiger partial charge in [0.2, 0.25) is 0 Å². The Morgan fingerprint density at radius 2 is 1.36 bits per heavy atom. The third kappa shape index (κ3) is 11.4. The highest BCUT2D eigenvalue weighted by atomic mass is 16.5.